The largest absolute Gasteiger partial charge is 0.497 e. The molecule has 0 radical (unpaired) electrons. The Morgan fingerprint density at radius 3 is 2.83 bits per heavy atom. The van der Waals surface area contributed by atoms with E-state index in [1.54, 1.807) is 7.11 Å². The Morgan fingerprint density at radius 1 is 1.22 bits per heavy atom. The normalized spacial score (nSPS) is 13.0. The molecular weight excluding hydrogens is 224 g/mol. The summed E-state index contributed by atoms with van der Waals surface area (Å²) in [6.07, 6.45) is 4.37. The van der Waals surface area contributed by atoms with Crippen molar-refractivity contribution in [3.8, 4) is 17.0 Å². The molecule has 0 saturated carbocycles. The topological polar surface area (TPSA) is 40.2 Å². The molecule has 1 aliphatic rings. The standard InChI is InChI=1S/C15H18N2O/c1-18-13-5-4-11-2-3-12-6-8-17(9-7-16)15(12)14(11)10-13/h4-6,8,10H,2-3,7,9,16H2,1H3. The summed E-state index contributed by atoms with van der Waals surface area (Å²) in [6.45, 7) is 1.53. The fraction of sp³-hybridized carbons (Fsp3) is 0.333. The fourth-order valence-electron chi connectivity index (χ4n) is 2.76. The van der Waals surface area contributed by atoms with Gasteiger partial charge in [0.15, 0.2) is 0 Å². The molecule has 3 nitrogen and oxygen atoms in total. The zero-order chi connectivity index (χ0) is 12.5. The summed E-state index contributed by atoms with van der Waals surface area (Å²) < 4.78 is 7.59. The second-order valence-electron chi connectivity index (χ2n) is 4.69. The molecule has 1 heterocycles. The summed E-state index contributed by atoms with van der Waals surface area (Å²) in [6, 6.07) is 8.57. The molecule has 0 bridgehead atoms. The minimum Gasteiger partial charge on any atom is -0.497 e. The van der Waals surface area contributed by atoms with Crippen LogP contribution in [0.4, 0.5) is 0 Å². The molecule has 3 heteroatoms. The molecule has 0 atom stereocenters. The van der Waals surface area contributed by atoms with Crippen LogP contribution in [0.5, 0.6) is 5.75 Å². The first-order valence-corrected chi connectivity index (χ1v) is 6.39. The van der Waals surface area contributed by atoms with Gasteiger partial charge in [-0.2, -0.15) is 0 Å². The SMILES string of the molecule is COc1ccc2c(c1)-c1c(ccn1CCN)CC2. The molecule has 0 unspecified atom stereocenters. The van der Waals surface area contributed by atoms with E-state index in [1.165, 1.54) is 22.4 Å². The van der Waals surface area contributed by atoms with Crippen LogP contribution in [0.2, 0.25) is 0 Å². The van der Waals surface area contributed by atoms with Crippen molar-refractivity contribution in [3.05, 3.63) is 41.6 Å². The number of nitrogens with two attached hydrogens (primary N) is 1. The lowest BCUT2D eigenvalue weighted by Crippen LogP contribution is -2.12. The molecular formula is C15H18N2O. The number of aromatic nitrogens is 1. The molecule has 18 heavy (non-hydrogen) atoms. The van der Waals surface area contributed by atoms with Crippen LogP contribution in [0.1, 0.15) is 11.1 Å². The maximum atomic E-state index is 5.68. The van der Waals surface area contributed by atoms with Crippen LogP contribution >= 0.6 is 0 Å². The van der Waals surface area contributed by atoms with E-state index in [-0.39, 0.29) is 0 Å². The fourth-order valence-corrected chi connectivity index (χ4v) is 2.76. The van der Waals surface area contributed by atoms with Gasteiger partial charge in [-0.05, 0) is 42.2 Å². The Balaban J connectivity index is 2.15. The van der Waals surface area contributed by atoms with Gasteiger partial charge in [-0.3, -0.25) is 0 Å². The van der Waals surface area contributed by atoms with Gasteiger partial charge in [0.1, 0.15) is 5.75 Å². The molecule has 0 spiro atoms. The summed E-state index contributed by atoms with van der Waals surface area (Å²) in [5.74, 6) is 0.919. The predicted octanol–water partition coefficient (Wildman–Crippen LogP) is 2.22. The predicted molar refractivity (Wildman–Crippen MR) is 72.9 cm³/mol. The number of nitrogens with zero attached hydrogens (tertiary/aromatic N) is 1. The van der Waals surface area contributed by atoms with E-state index in [2.05, 4.69) is 29.0 Å². The minimum absolute atomic E-state index is 0.667. The van der Waals surface area contributed by atoms with E-state index in [1.807, 2.05) is 6.07 Å². The van der Waals surface area contributed by atoms with Gasteiger partial charge in [0.25, 0.3) is 0 Å². The number of hydrogen-bond donors (Lipinski definition) is 1. The molecule has 0 fully saturated rings. The maximum absolute atomic E-state index is 5.68. The van der Waals surface area contributed by atoms with Gasteiger partial charge in [-0.1, -0.05) is 6.07 Å². The van der Waals surface area contributed by atoms with Crippen LogP contribution < -0.4 is 10.5 Å². The Morgan fingerprint density at radius 2 is 2.06 bits per heavy atom. The second kappa shape index (κ2) is 4.50. The van der Waals surface area contributed by atoms with E-state index in [0.29, 0.717) is 6.54 Å². The molecule has 94 valence electrons. The third-order valence-electron chi connectivity index (χ3n) is 3.65. The highest BCUT2D eigenvalue weighted by Gasteiger charge is 2.20. The van der Waals surface area contributed by atoms with Crippen molar-refractivity contribution in [2.24, 2.45) is 5.73 Å². The van der Waals surface area contributed by atoms with Crippen LogP contribution in [0.3, 0.4) is 0 Å². The zero-order valence-electron chi connectivity index (χ0n) is 10.6. The van der Waals surface area contributed by atoms with Crippen molar-refractivity contribution in [3.63, 3.8) is 0 Å². The third kappa shape index (κ3) is 1.71. The van der Waals surface area contributed by atoms with Crippen molar-refractivity contribution >= 4 is 0 Å². The average Bonchev–Trinajstić information content (AvgIpc) is 2.82. The van der Waals surface area contributed by atoms with Crippen LogP contribution in [-0.4, -0.2) is 18.2 Å². The highest BCUT2D eigenvalue weighted by molar-refractivity contribution is 5.72. The van der Waals surface area contributed by atoms with Crippen molar-refractivity contribution in [2.45, 2.75) is 19.4 Å². The van der Waals surface area contributed by atoms with Gasteiger partial charge in [0, 0.05) is 24.8 Å². The van der Waals surface area contributed by atoms with Gasteiger partial charge in [0.05, 0.1) is 12.8 Å². The van der Waals surface area contributed by atoms with Crippen molar-refractivity contribution in [1.82, 2.24) is 4.57 Å². The summed E-state index contributed by atoms with van der Waals surface area (Å²) in [5.41, 5.74) is 11.1. The zero-order valence-corrected chi connectivity index (χ0v) is 10.6. The highest BCUT2D eigenvalue weighted by atomic mass is 16.5. The number of benzene rings is 1. The molecule has 1 aromatic heterocycles. The Labute approximate surface area is 107 Å². The second-order valence-corrected chi connectivity index (χ2v) is 4.69. The molecule has 3 rings (SSSR count). The maximum Gasteiger partial charge on any atom is 0.119 e. The number of rotatable bonds is 3. The number of methoxy groups -OCH3 is 1. The van der Waals surface area contributed by atoms with Crippen LogP contribution in [0.15, 0.2) is 30.5 Å². The Bertz CT molecular complexity index is 572. The van der Waals surface area contributed by atoms with Gasteiger partial charge >= 0.3 is 0 Å². The van der Waals surface area contributed by atoms with Crippen LogP contribution in [-0.2, 0) is 19.4 Å². The Hall–Kier alpha value is -1.74. The number of aryl methyl sites for hydroxylation is 2. The monoisotopic (exact) mass is 242 g/mol. The quantitative estimate of drug-likeness (QED) is 0.896. The van der Waals surface area contributed by atoms with E-state index in [4.69, 9.17) is 10.5 Å². The third-order valence-corrected chi connectivity index (χ3v) is 3.65. The van der Waals surface area contributed by atoms with Gasteiger partial charge in [0.2, 0.25) is 0 Å². The molecule has 2 aromatic rings. The summed E-state index contributed by atoms with van der Waals surface area (Å²) in [5, 5.41) is 0. The van der Waals surface area contributed by atoms with E-state index < -0.39 is 0 Å². The summed E-state index contributed by atoms with van der Waals surface area (Å²) in [7, 11) is 1.71. The highest BCUT2D eigenvalue weighted by Crippen LogP contribution is 2.36. The summed E-state index contributed by atoms with van der Waals surface area (Å²) in [4.78, 5) is 0. The first-order chi connectivity index (χ1) is 8.83. The van der Waals surface area contributed by atoms with Crippen molar-refractivity contribution < 1.29 is 4.74 Å². The molecule has 1 aliphatic carbocycles. The first kappa shape index (κ1) is 11.4. The van der Waals surface area contributed by atoms with Gasteiger partial charge < -0.3 is 15.0 Å². The number of hydrogen-bond acceptors (Lipinski definition) is 2. The lowest BCUT2D eigenvalue weighted by Gasteiger charge is -2.20. The molecule has 0 amide bonds. The van der Waals surface area contributed by atoms with E-state index in [0.717, 1.165) is 25.1 Å². The first-order valence-electron chi connectivity index (χ1n) is 6.39. The average molecular weight is 242 g/mol. The van der Waals surface area contributed by atoms with Gasteiger partial charge in [-0.15, -0.1) is 0 Å². The van der Waals surface area contributed by atoms with Crippen molar-refractivity contribution in [2.75, 3.05) is 13.7 Å². The van der Waals surface area contributed by atoms with Crippen molar-refractivity contribution in [1.29, 1.82) is 0 Å². The molecule has 0 saturated heterocycles. The number of fused-ring (bicyclic) bond motifs is 3. The number of ether oxygens (including phenoxy) is 1. The molecule has 2 N–H and O–H groups in total. The lowest BCUT2D eigenvalue weighted by molar-refractivity contribution is 0.414. The molecule has 1 aromatic carbocycles. The lowest BCUT2D eigenvalue weighted by atomic mass is 9.90. The minimum atomic E-state index is 0.667. The Kier molecular flexibility index (Phi) is 2.84. The van der Waals surface area contributed by atoms with E-state index >= 15 is 0 Å². The van der Waals surface area contributed by atoms with Crippen LogP contribution in [0.25, 0.3) is 11.3 Å². The van der Waals surface area contributed by atoms with Crippen LogP contribution in [0, 0.1) is 0 Å². The van der Waals surface area contributed by atoms with Gasteiger partial charge in [-0.25, -0.2) is 0 Å². The van der Waals surface area contributed by atoms with E-state index in [9.17, 15) is 0 Å². The smallest absolute Gasteiger partial charge is 0.119 e. The summed E-state index contributed by atoms with van der Waals surface area (Å²) >= 11 is 0. The molecule has 0 aliphatic heterocycles.